The zero-order chi connectivity index (χ0) is 12.3. The predicted octanol–water partition coefficient (Wildman–Crippen LogP) is -1.75. The fourth-order valence-corrected chi connectivity index (χ4v) is 1.69. The van der Waals surface area contributed by atoms with E-state index in [0.29, 0.717) is 0 Å². The van der Waals surface area contributed by atoms with Gasteiger partial charge in [0.15, 0.2) is 0 Å². The lowest BCUT2D eigenvalue weighted by molar-refractivity contribution is -0.125. The topological polar surface area (TPSA) is 99.4 Å². The quantitative estimate of drug-likeness (QED) is 0.464. The molecule has 0 spiro atoms. The molecule has 1 saturated heterocycles. The Morgan fingerprint density at radius 3 is 2.31 bits per heavy atom. The third kappa shape index (κ3) is 3.13. The number of ether oxygens (including phenoxy) is 2. The first-order valence-corrected chi connectivity index (χ1v) is 5.39. The minimum atomic E-state index is -1.39. The van der Waals surface area contributed by atoms with E-state index in [0.717, 1.165) is 0 Å². The van der Waals surface area contributed by atoms with E-state index in [-0.39, 0.29) is 12.7 Å². The van der Waals surface area contributed by atoms with Gasteiger partial charge in [-0.15, -0.1) is 0 Å². The van der Waals surface area contributed by atoms with Crippen LogP contribution in [0.4, 0.5) is 0 Å². The molecule has 1 rings (SSSR count). The highest BCUT2D eigenvalue weighted by Crippen LogP contribution is 2.19. The van der Waals surface area contributed by atoms with Crippen LogP contribution >= 0.6 is 0 Å². The number of hydrogen-bond donors (Lipinski definition) is 4. The third-order valence-electron chi connectivity index (χ3n) is 2.56. The van der Waals surface area contributed by atoms with Crippen LogP contribution in [0.5, 0.6) is 0 Å². The summed E-state index contributed by atoms with van der Waals surface area (Å²) in [6.45, 7) is 3.20. The smallest absolute Gasteiger partial charge is 0.111 e. The molecule has 1 heterocycles. The molecule has 1 fully saturated rings. The lowest BCUT2D eigenvalue weighted by Crippen LogP contribution is -2.47. The minimum Gasteiger partial charge on any atom is -0.394 e. The summed E-state index contributed by atoms with van der Waals surface area (Å²) >= 11 is 0. The van der Waals surface area contributed by atoms with Crippen LogP contribution in [0, 0.1) is 0 Å². The monoisotopic (exact) mass is 236 g/mol. The second-order valence-electron chi connectivity index (χ2n) is 4.25. The maximum absolute atomic E-state index is 9.75. The van der Waals surface area contributed by atoms with Crippen LogP contribution in [-0.2, 0) is 9.47 Å². The van der Waals surface area contributed by atoms with Gasteiger partial charge in [-0.25, -0.2) is 0 Å². The second-order valence-corrected chi connectivity index (χ2v) is 4.25. The Morgan fingerprint density at radius 1 is 1.19 bits per heavy atom. The fraction of sp³-hybridized carbons (Fsp3) is 1.00. The van der Waals surface area contributed by atoms with E-state index in [4.69, 9.17) is 14.6 Å². The van der Waals surface area contributed by atoms with E-state index in [9.17, 15) is 15.3 Å². The Labute approximate surface area is 94.4 Å². The zero-order valence-corrected chi connectivity index (χ0v) is 9.48. The van der Waals surface area contributed by atoms with Crippen molar-refractivity contribution in [2.45, 2.75) is 50.5 Å². The molecule has 6 nitrogen and oxygen atoms in total. The van der Waals surface area contributed by atoms with Gasteiger partial charge >= 0.3 is 0 Å². The van der Waals surface area contributed by atoms with E-state index < -0.39 is 37.1 Å². The number of rotatable bonds is 3. The molecule has 0 amide bonds. The first-order valence-electron chi connectivity index (χ1n) is 5.39. The molecule has 96 valence electrons. The van der Waals surface area contributed by atoms with Crippen LogP contribution in [0.3, 0.4) is 0 Å². The summed E-state index contributed by atoms with van der Waals surface area (Å²) in [6.07, 6.45) is -5.66. The molecule has 0 aromatic heterocycles. The molecule has 0 aliphatic carbocycles. The molecule has 4 N–H and O–H groups in total. The summed E-state index contributed by atoms with van der Waals surface area (Å²) in [5.41, 5.74) is 0. The molecule has 0 aromatic carbocycles. The highest BCUT2D eigenvalue weighted by molar-refractivity contribution is 4.89. The molecule has 0 saturated carbocycles. The van der Waals surface area contributed by atoms with Gasteiger partial charge in [-0.2, -0.15) is 0 Å². The van der Waals surface area contributed by atoms with Crippen LogP contribution < -0.4 is 0 Å². The van der Waals surface area contributed by atoms with Gasteiger partial charge in [-0.3, -0.25) is 0 Å². The Bertz CT molecular complexity index is 209. The minimum absolute atomic E-state index is 0.0265. The highest BCUT2D eigenvalue weighted by atomic mass is 16.6. The Balaban J connectivity index is 2.70. The summed E-state index contributed by atoms with van der Waals surface area (Å²) in [5.74, 6) is 0. The van der Waals surface area contributed by atoms with E-state index in [1.54, 1.807) is 13.8 Å². The summed E-state index contributed by atoms with van der Waals surface area (Å²) in [6, 6.07) is 0. The largest absolute Gasteiger partial charge is 0.394 e. The summed E-state index contributed by atoms with van der Waals surface area (Å²) in [5, 5.41) is 37.9. The zero-order valence-electron chi connectivity index (χ0n) is 9.48. The molecule has 16 heavy (non-hydrogen) atoms. The van der Waals surface area contributed by atoms with Crippen molar-refractivity contribution in [1.82, 2.24) is 0 Å². The van der Waals surface area contributed by atoms with Gasteiger partial charge in [-0.05, 0) is 13.8 Å². The number of hydrogen-bond acceptors (Lipinski definition) is 6. The van der Waals surface area contributed by atoms with E-state index in [1.165, 1.54) is 0 Å². The fourth-order valence-electron chi connectivity index (χ4n) is 1.69. The number of aliphatic hydroxyl groups is 4. The van der Waals surface area contributed by atoms with Crippen molar-refractivity contribution in [1.29, 1.82) is 0 Å². The normalized spacial score (nSPS) is 41.1. The van der Waals surface area contributed by atoms with Crippen LogP contribution in [0.25, 0.3) is 0 Å². The maximum atomic E-state index is 9.75. The molecular weight excluding hydrogens is 216 g/mol. The highest BCUT2D eigenvalue weighted by Gasteiger charge is 2.40. The molecule has 0 radical (unpaired) electrons. The average molecular weight is 236 g/mol. The Hall–Kier alpha value is -0.240. The molecule has 0 aromatic rings. The van der Waals surface area contributed by atoms with Crippen LogP contribution in [-0.4, -0.2) is 70.3 Å². The predicted molar refractivity (Wildman–Crippen MR) is 54.9 cm³/mol. The second kappa shape index (κ2) is 5.90. The molecule has 1 aliphatic rings. The third-order valence-corrected chi connectivity index (χ3v) is 2.56. The van der Waals surface area contributed by atoms with Crippen LogP contribution in [0.2, 0.25) is 0 Å². The number of aliphatic hydroxyl groups excluding tert-OH is 4. The van der Waals surface area contributed by atoms with Gasteiger partial charge in [0.05, 0.1) is 19.3 Å². The molecule has 6 heteroatoms. The van der Waals surface area contributed by atoms with Crippen molar-refractivity contribution in [3.8, 4) is 0 Å². The first-order chi connectivity index (χ1) is 7.47. The van der Waals surface area contributed by atoms with Crippen molar-refractivity contribution in [2.24, 2.45) is 0 Å². The van der Waals surface area contributed by atoms with Gasteiger partial charge in [-0.1, -0.05) is 0 Å². The van der Waals surface area contributed by atoms with Crippen LogP contribution in [0.15, 0.2) is 0 Å². The van der Waals surface area contributed by atoms with Crippen molar-refractivity contribution in [3.05, 3.63) is 0 Å². The average Bonchev–Trinajstić information content (AvgIpc) is 2.32. The van der Waals surface area contributed by atoms with Gasteiger partial charge in [0.1, 0.15) is 30.5 Å². The summed E-state index contributed by atoms with van der Waals surface area (Å²) in [4.78, 5) is 0. The summed E-state index contributed by atoms with van der Waals surface area (Å²) in [7, 11) is 0. The molecule has 3 unspecified atom stereocenters. The lowest BCUT2D eigenvalue weighted by atomic mass is 10.0. The van der Waals surface area contributed by atoms with E-state index >= 15 is 0 Å². The molecule has 1 aliphatic heterocycles. The molecule has 0 bridgehead atoms. The van der Waals surface area contributed by atoms with Gasteiger partial charge in [0, 0.05) is 0 Å². The molecular formula is C10H20O6. The Morgan fingerprint density at radius 2 is 1.81 bits per heavy atom. The van der Waals surface area contributed by atoms with Crippen molar-refractivity contribution >= 4 is 0 Å². The SMILES string of the molecule is CC(C)O[C@@H]1COC(CO)[C@H](O)C(O)C1O. The van der Waals surface area contributed by atoms with Gasteiger partial charge in [0.25, 0.3) is 0 Å². The van der Waals surface area contributed by atoms with Gasteiger partial charge in [0.2, 0.25) is 0 Å². The molecule has 5 atom stereocenters. The summed E-state index contributed by atoms with van der Waals surface area (Å²) < 4.78 is 10.5. The van der Waals surface area contributed by atoms with E-state index in [1.807, 2.05) is 0 Å². The lowest BCUT2D eigenvalue weighted by Gasteiger charge is -2.26. The van der Waals surface area contributed by atoms with Crippen molar-refractivity contribution in [3.63, 3.8) is 0 Å². The van der Waals surface area contributed by atoms with Crippen LogP contribution in [0.1, 0.15) is 13.8 Å². The maximum Gasteiger partial charge on any atom is 0.111 e. The van der Waals surface area contributed by atoms with Crippen molar-refractivity contribution in [2.75, 3.05) is 13.2 Å². The van der Waals surface area contributed by atoms with Gasteiger partial charge < -0.3 is 29.9 Å². The first kappa shape index (κ1) is 13.8. The van der Waals surface area contributed by atoms with Crippen molar-refractivity contribution < 1.29 is 29.9 Å². The van der Waals surface area contributed by atoms with E-state index in [2.05, 4.69) is 0 Å². The Kier molecular flexibility index (Phi) is 5.10. The standard InChI is InChI=1S/C10H20O6/c1-5(2)16-7-4-15-6(3-11)8(12)10(14)9(7)13/h5-14H,3-4H2,1-2H3/t6?,7-,8+,9?,10?/m1/s1.